The Morgan fingerprint density at radius 2 is 1.82 bits per heavy atom. The first kappa shape index (κ1) is 18.3. The normalized spacial score (nSPS) is 11.7. The second-order valence-electron chi connectivity index (χ2n) is 5.21. The van der Waals surface area contributed by atoms with Gasteiger partial charge in [0.15, 0.2) is 0 Å². The van der Waals surface area contributed by atoms with E-state index >= 15 is 0 Å². The summed E-state index contributed by atoms with van der Waals surface area (Å²) < 4.78 is 0. The summed E-state index contributed by atoms with van der Waals surface area (Å²) in [7, 11) is 3.76. The maximum atomic E-state index is 12.7. The fourth-order valence-electron chi connectivity index (χ4n) is 2.10. The Bertz CT molecular complexity index is 540. The fourth-order valence-corrected chi connectivity index (χ4v) is 2.15. The fraction of sp³-hybridized carbons (Fsp3) is 0.500. The van der Waals surface area contributed by atoms with E-state index in [0.29, 0.717) is 24.3 Å². The lowest BCUT2D eigenvalue weighted by atomic mass is 10.1. The number of nitrogens with zero attached hydrogens (tertiary/aromatic N) is 2. The minimum Gasteiger partial charge on any atom is -0.377 e. The summed E-state index contributed by atoms with van der Waals surface area (Å²) in [4.78, 5) is 28.0. The number of amides is 2. The molecule has 0 spiro atoms. The number of nitrogens with one attached hydrogen (secondary N) is 1. The molecule has 0 saturated heterocycles. The van der Waals surface area contributed by atoms with Crippen molar-refractivity contribution >= 4 is 34.8 Å². The van der Waals surface area contributed by atoms with Crippen LogP contribution < -0.4 is 10.2 Å². The maximum Gasteiger partial charge on any atom is 0.256 e. The second kappa shape index (κ2) is 8.03. The summed E-state index contributed by atoms with van der Waals surface area (Å²) in [6, 6.07) is 5.30. The molecular formula is C16H24ClN3O2. The van der Waals surface area contributed by atoms with Gasteiger partial charge in [0.25, 0.3) is 5.91 Å². The molecule has 0 aliphatic heterocycles. The number of carbonyl (C=O) groups is 2. The molecule has 0 aromatic heterocycles. The minimum atomic E-state index is -0.629. The third kappa shape index (κ3) is 4.37. The summed E-state index contributed by atoms with van der Waals surface area (Å²) in [5, 5.41) is 2.09. The molecule has 0 bridgehead atoms. The molecule has 0 radical (unpaired) electrons. The number of alkyl halides is 1. The van der Waals surface area contributed by atoms with Gasteiger partial charge in [-0.2, -0.15) is 0 Å². The molecular weight excluding hydrogens is 302 g/mol. The van der Waals surface area contributed by atoms with Gasteiger partial charge in [-0.3, -0.25) is 9.59 Å². The standard InChI is InChI=1S/C16H24ClN3O2/c1-6-20(7-2)16(22)13-10-12(18-15(21)11(3)17)8-9-14(13)19(4)5/h8-11H,6-7H2,1-5H3,(H,18,21)/t11-/m0/s1. The number of carbonyl (C=O) groups excluding carboxylic acids is 2. The van der Waals surface area contributed by atoms with Gasteiger partial charge in [-0.05, 0) is 39.0 Å². The number of benzene rings is 1. The van der Waals surface area contributed by atoms with Gasteiger partial charge in [0.1, 0.15) is 5.38 Å². The molecule has 0 fully saturated rings. The average molecular weight is 326 g/mol. The zero-order valence-corrected chi connectivity index (χ0v) is 14.6. The second-order valence-corrected chi connectivity index (χ2v) is 5.86. The molecule has 22 heavy (non-hydrogen) atoms. The quantitative estimate of drug-likeness (QED) is 0.818. The molecule has 1 N–H and O–H groups in total. The van der Waals surface area contributed by atoms with Crippen molar-refractivity contribution in [1.82, 2.24) is 4.90 Å². The highest BCUT2D eigenvalue weighted by molar-refractivity contribution is 6.32. The van der Waals surface area contributed by atoms with Crippen LogP contribution in [0, 0.1) is 0 Å². The Balaban J connectivity index is 3.21. The molecule has 0 aliphatic carbocycles. The zero-order valence-electron chi connectivity index (χ0n) is 13.8. The summed E-state index contributed by atoms with van der Waals surface area (Å²) in [5.41, 5.74) is 1.95. The molecule has 6 heteroatoms. The molecule has 2 amide bonds. The first-order valence-electron chi connectivity index (χ1n) is 7.37. The van der Waals surface area contributed by atoms with Crippen molar-refractivity contribution in [2.75, 3.05) is 37.4 Å². The Hall–Kier alpha value is -1.75. The maximum absolute atomic E-state index is 12.7. The molecule has 122 valence electrons. The average Bonchev–Trinajstić information content (AvgIpc) is 2.47. The van der Waals surface area contributed by atoms with Crippen molar-refractivity contribution in [1.29, 1.82) is 0 Å². The third-order valence-electron chi connectivity index (χ3n) is 3.39. The monoisotopic (exact) mass is 325 g/mol. The molecule has 1 atom stereocenters. The van der Waals surface area contributed by atoms with E-state index in [4.69, 9.17) is 11.6 Å². The van der Waals surface area contributed by atoms with E-state index in [9.17, 15) is 9.59 Å². The van der Waals surface area contributed by atoms with Gasteiger partial charge in [0.05, 0.1) is 5.56 Å². The number of halogens is 1. The van der Waals surface area contributed by atoms with Crippen molar-refractivity contribution in [3.8, 4) is 0 Å². The van der Waals surface area contributed by atoms with Crippen LogP contribution in [0.25, 0.3) is 0 Å². The van der Waals surface area contributed by atoms with Crippen molar-refractivity contribution in [3.05, 3.63) is 23.8 Å². The number of hydrogen-bond acceptors (Lipinski definition) is 3. The van der Waals surface area contributed by atoms with Gasteiger partial charge in [-0.15, -0.1) is 11.6 Å². The Morgan fingerprint density at radius 3 is 2.27 bits per heavy atom. The molecule has 0 saturated carbocycles. The summed E-state index contributed by atoms with van der Waals surface area (Å²) in [5.74, 6) is -0.343. The van der Waals surface area contributed by atoms with Crippen LogP contribution in [0.1, 0.15) is 31.1 Å². The highest BCUT2D eigenvalue weighted by atomic mass is 35.5. The van der Waals surface area contributed by atoms with Crippen LogP contribution in [0.15, 0.2) is 18.2 Å². The van der Waals surface area contributed by atoms with Crippen molar-refractivity contribution in [2.24, 2.45) is 0 Å². The molecule has 1 aromatic rings. The van der Waals surface area contributed by atoms with E-state index < -0.39 is 5.38 Å². The highest BCUT2D eigenvalue weighted by Gasteiger charge is 2.19. The summed E-state index contributed by atoms with van der Waals surface area (Å²) in [6.07, 6.45) is 0. The minimum absolute atomic E-state index is 0.0521. The van der Waals surface area contributed by atoms with Gasteiger partial charge < -0.3 is 15.1 Å². The SMILES string of the molecule is CCN(CC)C(=O)c1cc(NC(=O)[C@H](C)Cl)ccc1N(C)C. The van der Waals surface area contributed by atoms with E-state index in [-0.39, 0.29) is 11.8 Å². The molecule has 0 aliphatic rings. The predicted molar refractivity (Wildman–Crippen MR) is 92.0 cm³/mol. The van der Waals surface area contributed by atoms with Crippen LogP contribution in [0.5, 0.6) is 0 Å². The van der Waals surface area contributed by atoms with Crippen LogP contribution in [0.3, 0.4) is 0 Å². The number of anilines is 2. The third-order valence-corrected chi connectivity index (χ3v) is 3.59. The first-order valence-corrected chi connectivity index (χ1v) is 7.81. The van der Waals surface area contributed by atoms with E-state index in [1.54, 1.807) is 24.0 Å². The van der Waals surface area contributed by atoms with Gasteiger partial charge in [0.2, 0.25) is 5.91 Å². The zero-order chi connectivity index (χ0) is 16.9. The highest BCUT2D eigenvalue weighted by Crippen LogP contribution is 2.24. The van der Waals surface area contributed by atoms with Crippen molar-refractivity contribution < 1.29 is 9.59 Å². The first-order chi connectivity index (χ1) is 10.3. The molecule has 0 unspecified atom stereocenters. The van der Waals surface area contributed by atoms with Crippen LogP contribution >= 0.6 is 11.6 Å². The van der Waals surface area contributed by atoms with Crippen LogP contribution in [-0.2, 0) is 4.79 Å². The van der Waals surface area contributed by atoms with E-state index in [1.165, 1.54) is 0 Å². The summed E-state index contributed by atoms with van der Waals surface area (Å²) in [6.45, 7) is 6.76. The van der Waals surface area contributed by atoms with Crippen molar-refractivity contribution in [2.45, 2.75) is 26.1 Å². The number of rotatable bonds is 6. The largest absolute Gasteiger partial charge is 0.377 e. The van der Waals surface area contributed by atoms with Gasteiger partial charge in [-0.1, -0.05) is 0 Å². The van der Waals surface area contributed by atoms with E-state index in [0.717, 1.165) is 5.69 Å². The van der Waals surface area contributed by atoms with Crippen LogP contribution in [0.4, 0.5) is 11.4 Å². The molecule has 1 rings (SSSR count). The smallest absolute Gasteiger partial charge is 0.256 e. The molecule has 1 aromatic carbocycles. The van der Waals surface area contributed by atoms with Crippen LogP contribution in [-0.4, -0.2) is 49.3 Å². The molecule has 0 heterocycles. The van der Waals surface area contributed by atoms with E-state index in [1.807, 2.05) is 38.9 Å². The topological polar surface area (TPSA) is 52.7 Å². The van der Waals surface area contributed by atoms with Crippen molar-refractivity contribution in [3.63, 3.8) is 0 Å². The lowest BCUT2D eigenvalue weighted by molar-refractivity contribution is -0.115. The van der Waals surface area contributed by atoms with Gasteiger partial charge in [-0.25, -0.2) is 0 Å². The Morgan fingerprint density at radius 1 is 1.23 bits per heavy atom. The van der Waals surface area contributed by atoms with Crippen LogP contribution in [0.2, 0.25) is 0 Å². The number of hydrogen-bond donors (Lipinski definition) is 1. The lowest BCUT2D eigenvalue weighted by Gasteiger charge is -2.23. The predicted octanol–water partition coefficient (Wildman–Crippen LogP) is 2.80. The van der Waals surface area contributed by atoms with E-state index in [2.05, 4.69) is 5.32 Å². The Kier molecular flexibility index (Phi) is 6.68. The molecule has 5 nitrogen and oxygen atoms in total. The lowest BCUT2D eigenvalue weighted by Crippen LogP contribution is -2.32. The Labute approximate surface area is 137 Å². The summed E-state index contributed by atoms with van der Waals surface area (Å²) >= 11 is 5.76. The van der Waals surface area contributed by atoms with Gasteiger partial charge in [0, 0.05) is 38.6 Å². The van der Waals surface area contributed by atoms with Gasteiger partial charge >= 0.3 is 0 Å².